The van der Waals surface area contributed by atoms with Gasteiger partial charge in [-0.25, -0.2) is 8.42 Å². The van der Waals surface area contributed by atoms with E-state index < -0.39 is 22.5 Å². The molecule has 1 saturated carbocycles. The summed E-state index contributed by atoms with van der Waals surface area (Å²) in [6.07, 6.45) is 3.86. The number of carboxylic acid groups (broad SMARTS) is 1. The average molecular weight is 334 g/mol. The van der Waals surface area contributed by atoms with Crippen LogP contribution in [0.2, 0.25) is 0 Å². The van der Waals surface area contributed by atoms with Gasteiger partial charge in [0.1, 0.15) is 11.4 Å². The van der Waals surface area contributed by atoms with Crippen molar-refractivity contribution in [3.05, 3.63) is 36.0 Å². The van der Waals surface area contributed by atoms with Gasteiger partial charge in [-0.3, -0.25) is 9.78 Å². The Morgan fingerprint density at radius 1 is 1.35 bits per heavy atom. The Morgan fingerprint density at radius 3 is 2.70 bits per heavy atom. The van der Waals surface area contributed by atoms with E-state index in [0.717, 1.165) is 16.1 Å². The number of aromatic nitrogens is 1. The number of hydrogen-bond acceptors (Lipinski definition) is 4. The second kappa shape index (κ2) is 5.90. The van der Waals surface area contributed by atoms with E-state index in [0.29, 0.717) is 23.9 Å². The molecule has 1 fully saturated rings. The SMILES string of the molecule is Cc1ccc2cccnc2c1S(=O)(=O)N(CC(=O)O)C1CCC1. The molecule has 0 atom stereocenters. The molecule has 3 rings (SSSR count). The minimum Gasteiger partial charge on any atom is -0.480 e. The van der Waals surface area contributed by atoms with Crippen LogP contribution in [0, 0.1) is 6.92 Å². The maximum absolute atomic E-state index is 13.2. The third-order valence-electron chi connectivity index (χ3n) is 4.26. The molecule has 0 saturated heterocycles. The van der Waals surface area contributed by atoms with Crippen molar-refractivity contribution in [3.63, 3.8) is 0 Å². The summed E-state index contributed by atoms with van der Waals surface area (Å²) in [6, 6.07) is 6.85. The van der Waals surface area contributed by atoms with Gasteiger partial charge in [0.15, 0.2) is 0 Å². The number of carboxylic acids is 1. The van der Waals surface area contributed by atoms with Crippen molar-refractivity contribution in [2.45, 2.75) is 37.1 Å². The molecular formula is C16H18N2O4S. The first-order chi connectivity index (χ1) is 10.9. The quantitative estimate of drug-likeness (QED) is 0.905. The van der Waals surface area contributed by atoms with Gasteiger partial charge in [-0.2, -0.15) is 4.31 Å². The number of benzene rings is 1. The van der Waals surface area contributed by atoms with Crippen LogP contribution in [0.5, 0.6) is 0 Å². The fourth-order valence-electron chi connectivity index (χ4n) is 2.88. The average Bonchev–Trinajstić information content (AvgIpc) is 2.43. The summed E-state index contributed by atoms with van der Waals surface area (Å²) in [5, 5.41) is 9.85. The van der Waals surface area contributed by atoms with Crippen LogP contribution in [0.1, 0.15) is 24.8 Å². The predicted molar refractivity (Wildman–Crippen MR) is 85.6 cm³/mol. The molecule has 1 heterocycles. The number of hydrogen-bond donors (Lipinski definition) is 1. The first-order valence-electron chi connectivity index (χ1n) is 7.49. The molecule has 1 aromatic heterocycles. The molecule has 0 radical (unpaired) electrons. The zero-order valence-electron chi connectivity index (χ0n) is 12.8. The Kier molecular flexibility index (Phi) is 4.08. The molecule has 0 aliphatic heterocycles. The van der Waals surface area contributed by atoms with Gasteiger partial charge >= 0.3 is 5.97 Å². The van der Waals surface area contributed by atoms with Crippen molar-refractivity contribution >= 4 is 26.9 Å². The van der Waals surface area contributed by atoms with E-state index in [1.807, 2.05) is 6.07 Å². The summed E-state index contributed by atoms with van der Waals surface area (Å²) in [6.45, 7) is 1.19. The number of fused-ring (bicyclic) bond motifs is 1. The number of sulfonamides is 1. The lowest BCUT2D eigenvalue weighted by molar-refractivity contribution is -0.137. The number of nitrogens with zero attached hydrogens (tertiary/aromatic N) is 2. The van der Waals surface area contributed by atoms with Gasteiger partial charge in [0, 0.05) is 17.6 Å². The zero-order chi connectivity index (χ0) is 16.6. The van der Waals surface area contributed by atoms with E-state index in [1.54, 1.807) is 31.3 Å². The lowest BCUT2D eigenvalue weighted by atomic mass is 9.93. The van der Waals surface area contributed by atoms with Crippen LogP contribution in [-0.2, 0) is 14.8 Å². The van der Waals surface area contributed by atoms with Crippen LogP contribution in [0.3, 0.4) is 0 Å². The van der Waals surface area contributed by atoms with Gasteiger partial charge in [0.05, 0.1) is 5.52 Å². The highest BCUT2D eigenvalue weighted by Crippen LogP contribution is 2.33. The van der Waals surface area contributed by atoms with Gasteiger partial charge in [0.25, 0.3) is 0 Å². The molecule has 0 bridgehead atoms. The van der Waals surface area contributed by atoms with Gasteiger partial charge in [0.2, 0.25) is 10.0 Å². The summed E-state index contributed by atoms with van der Waals surface area (Å²) in [5.74, 6) is -1.15. The highest BCUT2D eigenvalue weighted by Gasteiger charge is 2.38. The standard InChI is InChI=1S/C16H18N2O4S/c1-11-7-8-12-4-3-9-17-15(12)16(11)23(21,22)18(10-14(19)20)13-5-2-6-13/h3-4,7-9,13H,2,5-6,10H2,1H3,(H,19,20). The fraction of sp³-hybridized carbons (Fsp3) is 0.375. The van der Waals surface area contributed by atoms with Gasteiger partial charge in [-0.05, 0) is 31.4 Å². The molecule has 2 aromatic rings. The number of carbonyl (C=O) groups is 1. The Balaban J connectivity index is 2.18. The lowest BCUT2D eigenvalue weighted by Gasteiger charge is -2.35. The van der Waals surface area contributed by atoms with Crippen LogP contribution in [0.25, 0.3) is 10.9 Å². The van der Waals surface area contributed by atoms with E-state index >= 15 is 0 Å². The van der Waals surface area contributed by atoms with Crippen molar-refractivity contribution in [2.75, 3.05) is 6.54 Å². The monoisotopic (exact) mass is 334 g/mol. The maximum Gasteiger partial charge on any atom is 0.318 e. The summed E-state index contributed by atoms with van der Waals surface area (Å²) in [4.78, 5) is 15.5. The van der Waals surface area contributed by atoms with Crippen molar-refractivity contribution in [1.29, 1.82) is 0 Å². The van der Waals surface area contributed by atoms with Crippen LogP contribution in [-0.4, -0.2) is 41.4 Å². The minimum atomic E-state index is -3.92. The van der Waals surface area contributed by atoms with Crippen LogP contribution >= 0.6 is 0 Å². The highest BCUT2D eigenvalue weighted by molar-refractivity contribution is 7.89. The molecule has 7 heteroatoms. The summed E-state index contributed by atoms with van der Waals surface area (Å²) in [5.41, 5.74) is 0.966. The van der Waals surface area contributed by atoms with E-state index in [2.05, 4.69) is 4.98 Å². The highest BCUT2D eigenvalue weighted by atomic mass is 32.2. The Hall–Kier alpha value is -1.99. The Morgan fingerprint density at radius 2 is 2.09 bits per heavy atom. The summed E-state index contributed by atoms with van der Waals surface area (Å²) in [7, 11) is -3.92. The fourth-order valence-corrected chi connectivity index (χ4v) is 4.89. The topological polar surface area (TPSA) is 87.6 Å². The van der Waals surface area contributed by atoms with Crippen LogP contribution in [0.4, 0.5) is 0 Å². The summed E-state index contributed by atoms with van der Waals surface area (Å²) >= 11 is 0. The predicted octanol–water partition coefficient (Wildman–Crippen LogP) is 2.17. The van der Waals surface area contributed by atoms with Crippen molar-refractivity contribution in [1.82, 2.24) is 9.29 Å². The molecule has 1 N–H and O–H groups in total. The molecule has 1 aromatic carbocycles. The Bertz CT molecular complexity index is 860. The second-order valence-electron chi connectivity index (χ2n) is 5.82. The molecule has 0 spiro atoms. The normalized spacial score (nSPS) is 15.7. The summed E-state index contributed by atoms with van der Waals surface area (Å²) < 4.78 is 27.4. The van der Waals surface area contributed by atoms with Crippen LogP contribution < -0.4 is 0 Å². The molecule has 1 aliphatic carbocycles. The first kappa shape index (κ1) is 15.9. The lowest BCUT2D eigenvalue weighted by Crippen LogP contribution is -2.46. The molecule has 0 unspecified atom stereocenters. The molecule has 23 heavy (non-hydrogen) atoms. The number of rotatable bonds is 5. The molecule has 1 aliphatic rings. The van der Waals surface area contributed by atoms with Gasteiger partial charge in [-0.1, -0.05) is 24.6 Å². The second-order valence-corrected chi connectivity index (χ2v) is 7.64. The molecular weight excluding hydrogens is 316 g/mol. The maximum atomic E-state index is 13.2. The smallest absolute Gasteiger partial charge is 0.318 e. The molecule has 0 amide bonds. The largest absolute Gasteiger partial charge is 0.480 e. The third-order valence-corrected chi connectivity index (χ3v) is 6.34. The molecule has 122 valence electrons. The van der Waals surface area contributed by atoms with Gasteiger partial charge in [-0.15, -0.1) is 0 Å². The van der Waals surface area contributed by atoms with Crippen molar-refractivity contribution < 1.29 is 18.3 Å². The molecule has 6 nitrogen and oxygen atoms in total. The first-order valence-corrected chi connectivity index (χ1v) is 8.93. The van der Waals surface area contributed by atoms with Crippen LogP contribution in [0.15, 0.2) is 35.4 Å². The van der Waals surface area contributed by atoms with Crippen molar-refractivity contribution in [2.24, 2.45) is 0 Å². The van der Waals surface area contributed by atoms with E-state index in [9.17, 15) is 13.2 Å². The minimum absolute atomic E-state index is 0.115. The van der Waals surface area contributed by atoms with E-state index in [4.69, 9.17) is 5.11 Å². The number of pyridine rings is 1. The third kappa shape index (κ3) is 2.82. The van der Waals surface area contributed by atoms with E-state index in [1.165, 1.54) is 0 Å². The van der Waals surface area contributed by atoms with Crippen molar-refractivity contribution in [3.8, 4) is 0 Å². The van der Waals surface area contributed by atoms with Gasteiger partial charge < -0.3 is 5.11 Å². The Labute approximate surface area is 134 Å². The number of aryl methyl sites for hydroxylation is 1. The number of aliphatic carboxylic acids is 1. The van der Waals surface area contributed by atoms with E-state index in [-0.39, 0.29) is 10.9 Å². The zero-order valence-corrected chi connectivity index (χ0v) is 13.6.